The molecule has 2 rings (SSSR count). The number of rotatable bonds is 4. The minimum atomic E-state index is 0.846. The molecule has 2 aromatic rings. The lowest BCUT2D eigenvalue weighted by molar-refractivity contribution is 1.13. The lowest BCUT2D eigenvalue weighted by Crippen LogP contribution is -2.02. The first-order chi connectivity index (χ1) is 9.10. The zero-order valence-corrected chi connectivity index (χ0v) is 12.2. The third-order valence-corrected chi connectivity index (χ3v) is 3.54. The summed E-state index contributed by atoms with van der Waals surface area (Å²) >= 11 is 0. The Morgan fingerprint density at radius 3 is 2.37 bits per heavy atom. The lowest BCUT2D eigenvalue weighted by atomic mass is 10.0. The minimum absolute atomic E-state index is 0.846. The fraction of sp³-hybridized carbons (Fsp3) is 0.294. The average Bonchev–Trinajstić information content (AvgIpc) is 2.41. The fourth-order valence-electron chi connectivity index (χ4n) is 2.19. The van der Waals surface area contributed by atoms with Crippen molar-refractivity contribution in [1.29, 1.82) is 0 Å². The monoisotopic (exact) mass is 254 g/mol. The standard InChI is InChI=1S/C17H22N2/c1-12-8-14(3)17(9-13(12)2)19-11-15-6-5-7-16(10-15)18-4/h5-10,18-19H,11H2,1-4H3. The van der Waals surface area contributed by atoms with E-state index in [1.54, 1.807) is 0 Å². The van der Waals surface area contributed by atoms with Crippen LogP contribution in [-0.2, 0) is 6.54 Å². The number of hydrogen-bond donors (Lipinski definition) is 2. The van der Waals surface area contributed by atoms with Gasteiger partial charge in [0.25, 0.3) is 0 Å². The van der Waals surface area contributed by atoms with E-state index in [-0.39, 0.29) is 0 Å². The summed E-state index contributed by atoms with van der Waals surface area (Å²) in [4.78, 5) is 0. The van der Waals surface area contributed by atoms with Crippen LogP contribution in [0.15, 0.2) is 36.4 Å². The summed E-state index contributed by atoms with van der Waals surface area (Å²) < 4.78 is 0. The molecule has 100 valence electrons. The van der Waals surface area contributed by atoms with Crippen LogP contribution in [0.3, 0.4) is 0 Å². The van der Waals surface area contributed by atoms with Gasteiger partial charge in [-0.2, -0.15) is 0 Å². The molecule has 0 unspecified atom stereocenters. The maximum absolute atomic E-state index is 3.52. The Labute approximate surface area is 115 Å². The lowest BCUT2D eigenvalue weighted by Gasteiger charge is -2.13. The van der Waals surface area contributed by atoms with E-state index in [9.17, 15) is 0 Å². The molecule has 2 N–H and O–H groups in total. The van der Waals surface area contributed by atoms with Gasteiger partial charge in [-0.05, 0) is 61.2 Å². The second-order valence-electron chi connectivity index (χ2n) is 5.06. The van der Waals surface area contributed by atoms with Gasteiger partial charge in [0, 0.05) is 25.0 Å². The minimum Gasteiger partial charge on any atom is -0.388 e. The molecule has 0 radical (unpaired) electrons. The summed E-state index contributed by atoms with van der Waals surface area (Å²) in [5, 5.41) is 6.69. The van der Waals surface area contributed by atoms with Gasteiger partial charge in [0.15, 0.2) is 0 Å². The summed E-state index contributed by atoms with van der Waals surface area (Å²) in [7, 11) is 1.94. The fourth-order valence-corrected chi connectivity index (χ4v) is 2.19. The zero-order valence-electron chi connectivity index (χ0n) is 12.2. The Balaban J connectivity index is 2.12. The van der Waals surface area contributed by atoms with Gasteiger partial charge in [-0.3, -0.25) is 0 Å². The normalized spacial score (nSPS) is 10.3. The third kappa shape index (κ3) is 3.28. The van der Waals surface area contributed by atoms with Crippen LogP contribution in [0.4, 0.5) is 11.4 Å². The number of nitrogens with one attached hydrogen (secondary N) is 2. The van der Waals surface area contributed by atoms with E-state index in [0.29, 0.717) is 0 Å². The molecule has 0 atom stereocenters. The highest BCUT2D eigenvalue weighted by atomic mass is 14.9. The first-order valence-electron chi connectivity index (χ1n) is 6.68. The molecule has 2 aromatic carbocycles. The van der Waals surface area contributed by atoms with Crippen LogP contribution in [0, 0.1) is 20.8 Å². The molecule has 0 aliphatic rings. The number of hydrogen-bond acceptors (Lipinski definition) is 2. The van der Waals surface area contributed by atoms with Crippen LogP contribution in [0.25, 0.3) is 0 Å². The molecule has 0 aromatic heterocycles. The molecular weight excluding hydrogens is 232 g/mol. The van der Waals surface area contributed by atoms with E-state index < -0.39 is 0 Å². The van der Waals surface area contributed by atoms with Crippen molar-refractivity contribution in [3.63, 3.8) is 0 Å². The summed E-state index contributed by atoms with van der Waals surface area (Å²) in [5.41, 5.74) is 7.63. The highest BCUT2D eigenvalue weighted by Gasteiger charge is 2.02. The van der Waals surface area contributed by atoms with Crippen molar-refractivity contribution in [2.24, 2.45) is 0 Å². The molecule has 19 heavy (non-hydrogen) atoms. The van der Waals surface area contributed by atoms with Crippen molar-refractivity contribution in [3.8, 4) is 0 Å². The second-order valence-corrected chi connectivity index (χ2v) is 5.06. The van der Waals surface area contributed by atoms with E-state index in [4.69, 9.17) is 0 Å². The van der Waals surface area contributed by atoms with Gasteiger partial charge in [0.2, 0.25) is 0 Å². The van der Waals surface area contributed by atoms with Gasteiger partial charge in [-0.25, -0.2) is 0 Å². The van der Waals surface area contributed by atoms with E-state index in [0.717, 1.165) is 12.2 Å². The molecule has 0 heterocycles. The van der Waals surface area contributed by atoms with Crippen molar-refractivity contribution >= 4 is 11.4 Å². The van der Waals surface area contributed by atoms with E-state index in [1.807, 2.05) is 7.05 Å². The van der Waals surface area contributed by atoms with Crippen LogP contribution in [0.1, 0.15) is 22.3 Å². The Bertz CT molecular complexity index is 573. The molecule has 2 heteroatoms. The summed E-state index contributed by atoms with van der Waals surface area (Å²) in [6, 6.07) is 12.9. The SMILES string of the molecule is CNc1cccc(CNc2cc(C)c(C)cc2C)c1. The molecule has 0 saturated carbocycles. The smallest absolute Gasteiger partial charge is 0.0401 e. The molecule has 0 aliphatic carbocycles. The largest absolute Gasteiger partial charge is 0.388 e. The van der Waals surface area contributed by atoms with Crippen LogP contribution in [0.2, 0.25) is 0 Å². The first-order valence-corrected chi connectivity index (χ1v) is 6.68. The topological polar surface area (TPSA) is 24.1 Å². The molecular formula is C17H22N2. The first kappa shape index (κ1) is 13.5. The molecule has 2 nitrogen and oxygen atoms in total. The Kier molecular flexibility index (Phi) is 4.10. The van der Waals surface area contributed by atoms with E-state index in [1.165, 1.54) is 27.9 Å². The molecule has 0 saturated heterocycles. The van der Waals surface area contributed by atoms with Gasteiger partial charge in [-0.15, -0.1) is 0 Å². The van der Waals surface area contributed by atoms with Crippen molar-refractivity contribution in [1.82, 2.24) is 0 Å². The molecule has 0 fully saturated rings. The molecule has 0 bridgehead atoms. The average molecular weight is 254 g/mol. The zero-order chi connectivity index (χ0) is 13.8. The predicted octanol–water partition coefficient (Wildman–Crippen LogP) is 4.27. The Hall–Kier alpha value is -1.96. The molecule has 0 spiro atoms. The summed E-state index contributed by atoms with van der Waals surface area (Å²) in [6.07, 6.45) is 0. The number of aryl methyl sites for hydroxylation is 3. The van der Waals surface area contributed by atoms with Crippen molar-refractivity contribution in [2.75, 3.05) is 17.7 Å². The van der Waals surface area contributed by atoms with Crippen LogP contribution < -0.4 is 10.6 Å². The number of benzene rings is 2. The van der Waals surface area contributed by atoms with Gasteiger partial charge in [0.1, 0.15) is 0 Å². The molecule has 0 aliphatic heterocycles. The van der Waals surface area contributed by atoms with Gasteiger partial charge >= 0.3 is 0 Å². The van der Waals surface area contributed by atoms with Gasteiger partial charge < -0.3 is 10.6 Å². The summed E-state index contributed by atoms with van der Waals surface area (Å²) in [5.74, 6) is 0. The third-order valence-electron chi connectivity index (χ3n) is 3.54. The van der Waals surface area contributed by atoms with E-state index >= 15 is 0 Å². The quantitative estimate of drug-likeness (QED) is 0.851. The highest BCUT2D eigenvalue weighted by Crippen LogP contribution is 2.21. The van der Waals surface area contributed by atoms with Crippen LogP contribution in [-0.4, -0.2) is 7.05 Å². The van der Waals surface area contributed by atoms with Gasteiger partial charge in [0.05, 0.1) is 0 Å². The maximum Gasteiger partial charge on any atom is 0.0401 e. The molecule has 0 amide bonds. The second kappa shape index (κ2) is 5.79. The van der Waals surface area contributed by atoms with Crippen molar-refractivity contribution in [3.05, 3.63) is 58.7 Å². The summed E-state index contributed by atoms with van der Waals surface area (Å²) in [6.45, 7) is 7.31. The van der Waals surface area contributed by atoms with Crippen molar-refractivity contribution in [2.45, 2.75) is 27.3 Å². The van der Waals surface area contributed by atoms with Crippen molar-refractivity contribution < 1.29 is 0 Å². The number of anilines is 2. The predicted molar refractivity (Wildman–Crippen MR) is 84.0 cm³/mol. The maximum atomic E-state index is 3.52. The highest BCUT2D eigenvalue weighted by molar-refractivity contribution is 5.55. The Morgan fingerprint density at radius 1 is 0.895 bits per heavy atom. The Morgan fingerprint density at radius 2 is 1.63 bits per heavy atom. The van der Waals surface area contributed by atoms with E-state index in [2.05, 4.69) is 67.8 Å². The van der Waals surface area contributed by atoms with Gasteiger partial charge in [-0.1, -0.05) is 18.2 Å². The van der Waals surface area contributed by atoms with Crippen LogP contribution in [0.5, 0.6) is 0 Å². The van der Waals surface area contributed by atoms with Crippen LogP contribution >= 0.6 is 0 Å².